The van der Waals surface area contributed by atoms with Gasteiger partial charge in [-0.25, -0.2) is 9.07 Å². The van der Waals surface area contributed by atoms with Crippen molar-refractivity contribution in [3.63, 3.8) is 0 Å². The van der Waals surface area contributed by atoms with E-state index in [9.17, 15) is 14.0 Å². The third kappa shape index (κ3) is 3.48. The van der Waals surface area contributed by atoms with Gasteiger partial charge in [0.2, 0.25) is 5.91 Å². The molecule has 0 spiro atoms. The molecule has 4 rings (SSSR count). The van der Waals surface area contributed by atoms with Crippen molar-refractivity contribution in [3.05, 3.63) is 53.1 Å². The molecule has 0 radical (unpaired) electrons. The van der Waals surface area contributed by atoms with Gasteiger partial charge in [0.25, 0.3) is 0 Å². The van der Waals surface area contributed by atoms with E-state index in [1.807, 2.05) is 10.9 Å². The number of aromatic nitrogens is 2. The lowest BCUT2D eigenvalue weighted by molar-refractivity contribution is -0.139. The zero-order valence-electron chi connectivity index (χ0n) is 17.6. The van der Waals surface area contributed by atoms with Crippen LogP contribution in [0.3, 0.4) is 0 Å². The highest BCUT2D eigenvalue weighted by atomic mass is 19.1. The van der Waals surface area contributed by atoms with Gasteiger partial charge in [-0.3, -0.25) is 4.79 Å². The number of rotatable bonds is 7. The fraction of sp³-hybridized carbons (Fsp3) is 0.458. The Labute approximate surface area is 176 Å². The van der Waals surface area contributed by atoms with Crippen LogP contribution in [0, 0.1) is 17.2 Å². The predicted octanol–water partition coefficient (Wildman–Crippen LogP) is 4.19. The molecular weight excluding hydrogens is 381 g/mol. The Morgan fingerprint density at radius 2 is 2.13 bits per heavy atom. The minimum atomic E-state index is -0.272. The number of halogens is 1. The molecule has 1 saturated carbocycles. The molecule has 0 unspecified atom stereocenters. The number of benzene rings is 1. The minimum absolute atomic E-state index is 0.0934. The van der Waals surface area contributed by atoms with Crippen LogP contribution in [0.4, 0.5) is 4.39 Å². The summed E-state index contributed by atoms with van der Waals surface area (Å²) in [5.74, 6) is -0.301. The lowest BCUT2D eigenvalue weighted by Gasteiger charge is -2.37. The molecule has 1 amide bonds. The number of hydrogen-bond donors (Lipinski definition) is 0. The maximum absolute atomic E-state index is 13.4. The van der Waals surface area contributed by atoms with E-state index in [1.54, 1.807) is 17.0 Å². The molecule has 30 heavy (non-hydrogen) atoms. The molecule has 1 fully saturated rings. The van der Waals surface area contributed by atoms with Gasteiger partial charge in [-0.05, 0) is 61.6 Å². The Morgan fingerprint density at radius 3 is 2.83 bits per heavy atom. The number of carbonyl (C=O) groups excluding carboxylic acids is 2. The second-order valence-corrected chi connectivity index (χ2v) is 8.60. The largest absolute Gasteiger partial charge is 0.335 e. The molecule has 0 aliphatic heterocycles. The number of aldehydes is 1. The summed E-state index contributed by atoms with van der Waals surface area (Å²) < 4.78 is 15.2. The van der Waals surface area contributed by atoms with Crippen LogP contribution in [0.25, 0.3) is 11.8 Å². The summed E-state index contributed by atoms with van der Waals surface area (Å²) in [6.07, 6.45) is 9.15. The fourth-order valence-corrected chi connectivity index (χ4v) is 4.98. The Morgan fingerprint density at radius 1 is 1.37 bits per heavy atom. The number of amides is 1. The van der Waals surface area contributed by atoms with Crippen LogP contribution in [0.2, 0.25) is 0 Å². The van der Waals surface area contributed by atoms with Gasteiger partial charge in [0.1, 0.15) is 12.1 Å². The van der Waals surface area contributed by atoms with Crippen molar-refractivity contribution in [2.45, 2.75) is 46.0 Å². The Bertz CT molecular complexity index is 979. The number of carbonyl (C=O) groups is 2. The molecule has 158 valence electrons. The average molecular weight is 410 g/mol. The topological polar surface area (TPSA) is 55.2 Å². The van der Waals surface area contributed by atoms with E-state index in [2.05, 4.69) is 25.0 Å². The van der Waals surface area contributed by atoms with Crippen LogP contribution < -0.4 is 0 Å². The van der Waals surface area contributed by atoms with Crippen LogP contribution in [0.5, 0.6) is 0 Å². The highest BCUT2D eigenvalue weighted by Gasteiger charge is 2.49. The molecule has 2 atom stereocenters. The minimum Gasteiger partial charge on any atom is -0.335 e. The molecule has 0 N–H and O–H groups in total. The van der Waals surface area contributed by atoms with Crippen LogP contribution in [0.15, 0.2) is 36.0 Å². The quantitative estimate of drug-likeness (QED) is 0.644. The van der Waals surface area contributed by atoms with Crippen molar-refractivity contribution in [1.82, 2.24) is 14.7 Å². The molecule has 5 nitrogen and oxygen atoms in total. The fourth-order valence-electron chi connectivity index (χ4n) is 4.98. The van der Waals surface area contributed by atoms with E-state index >= 15 is 0 Å². The summed E-state index contributed by atoms with van der Waals surface area (Å²) in [4.78, 5) is 26.2. The normalized spacial score (nSPS) is 22.2. The first-order valence-electron chi connectivity index (χ1n) is 10.7. The van der Waals surface area contributed by atoms with Crippen molar-refractivity contribution >= 4 is 18.3 Å². The van der Waals surface area contributed by atoms with Gasteiger partial charge in [0.15, 0.2) is 0 Å². The molecule has 0 saturated heterocycles. The van der Waals surface area contributed by atoms with E-state index in [0.717, 1.165) is 55.3 Å². The van der Waals surface area contributed by atoms with E-state index in [1.165, 1.54) is 17.7 Å². The lowest BCUT2D eigenvalue weighted by atomic mass is 9.69. The monoisotopic (exact) mass is 409 g/mol. The van der Waals surface area contributed by atoms with E-state index in [-0.39, 0.29) is 29.6 Å². The molecule has 1 heterocycles. The van der Waals surface area contributed by atoms with Crippen molar-refractivity contribution in [1.29, 1.82) is 0 Å². The number of hydrogen-bond acceptors (Lipinski definition) is 3. The number of nitrogens with zero attached hydrogens (tertiary/aromatic N) is 3. The van der Waals surface area contributed by atoms with E-state index in [4.69, 9.17) is 0 Å². The van der Waals surface area contributed by atoms with Crippen LogP contribution >= 0.6 is 0 Å². The second-order valence-electron chi connectivity index (χ2n) is 8.60. The zero-order valence-corrected chi connectivity index (χ0v) is 17.6. The molecule has 2 aliphatic rings. The Kier molecular flexibility index (Phi) is 5.58. The highest BCUT2D eigenvalue weighted by molar-refractivity contribution is 5.84. The van der Waals surface area contributed by atoms with Gasteiger partial charge in [-0.15, -0.1) is 0 Å². The van der Waals surface area contributed by atoms with Gasteiger partial charge in [-0.1, -0.05) is 25.8 Å². The molecule has 1 aromatic carbocycles. The van der Waals surface area contributed by atoms with E-state index in [0.29, 0.717) is 6.54 Å². The van der Waals surface area contributed by atoms with Crippen molar-refractivity contribution < 1.29 is 14.0 Å². The number of fused-ring (bicyclic) bond motifs is 2. The molecule has 2 aromatic rings. The van der Waals surface area contributed by atoms with Gasteiger partial charge in [0, 0.05) is 17.9 Å². The first kappa shape index (κ1) is 20.5. The van der Waals surface area contributed by atoms with Crippen LogP contribution in [-0.2, 0) is 16.0 Å². The molecule has 2 aliphatic carbocycles. The highest BCUT2D eigenvalue weighted by Crippen LogP contribution is 2.53. The van der Waals surface area contributed by atoms with Crippen LogP contribution in [0.1, 0.15) is 50.8 Å². The standard InChI is InChI=1S/C24H28FN3O2/c1-3-4-11-27(12-13-29)23(30)21-10-5-18-14-22-17(15-24(18,21)2)16-26-28(22)20-8-6-19(25)7-9-20/h6-9,13-14,16,21H,3-5,10-12,15H2,1-2H3/t21-,24+/m1/s1. The lowest BCUT2D eigenvalue weighted by Crippen LogP contribution is -2.43. The summed E-state index contributed by atoms with van der Waals surface area (Å²) in [5.41, 5.74) is 3.94. The maximum Gasteiger partial charge on any atom is 0.226 e. The smallest absolute Gasteiger partial charge is 0.226 e. The molecule has 6 heteroatoms. The van der Waals surface area contributed by atoms with Crippen molar-refractivity contribution in [2.24, 2.45) is 11.3 Å². The summed E-state index contributed by atoms with van der Waals surface area (Å²) in [7, 11) is 0. The van der Waals surface area contributed by atoms with E-state index < -0.39 is 0 Å². The van der Waals surface area contributed by atoms with Gasteiger partial charge in [-0.2, -0.15) is 5.10 Å². The van der Waals surface area contributed by atoms with Crippen LogP contribution in [-0.4, -0.2) is 40.0 Å². The summed E-state index contributed by atoms with van der Waals surface area (Å²) in [6.45, 7) is 5.06. The van der Waals surface area contributed by atoms with Gasteiger partial charge >= 0.3 is 0 Å². The maximum atomic E-state index is 13.4. The zero-order chi connectivity index (χ0) is 21.3. The SMILES string of the molecule is CCCCN(CC=O)C(=O)[C@H]1CCC2=Cc3c(cnn3-c3ccc(F)cc3)C[C@@]21C. The molecule has 0 bridgehead atoms. The summed E-state index contributed by atoms with van der Waals surface area (Å²) >= 11 is 0. The summed E-state index contributed by atoms with van der Waals surface area (Å²) in [6, 6.07) is 6.32. The van der Waals surface area contributed by atoms with Crippen molar-refractivity contribution in [2.75, 3.05) is 13.1 Å². The van der Waals surface area contributed by atoms with Gasteiger partial charge < -0.3 is 9.69 Å². The second kappa shape index (κ2) is 8.17. The Hall–Kier alpha value is -2.76. The first-order valence-corrected chi connectivity index (χ1v) is 10.7. The molecule has 1 aromatic heterocycles. The third-order valence-electron chi connectivity index (χ3n) is 6.72. The Balaban J connectivity index is 1.63. The molecular formula is C24H28FN3O2. The third-order valence-corrected chi connectivity index (χ3v) is 6.72. The number of unbranched alkanes of at least 4 members (excludes halogenated alkanes) is 1. The average Bonchev–Trinajstić information content (AvgIpc) is 3.29. The predicted molar refractivity (Wildman–Crippen MR) is 114 cm³/mol. The number of allylic oxidation sites excluding steroid dienone is 1. The summed E-state index contributed by atoms with van der Waals surface area (Å²) in [5, 5.41) is 4.54. The first-order chi connectivity index (χ1) is 14.5. The van der Waals surface area contributed by atoms with Gasteiger partial charge in [0.05, 0.1) is 24.1 Å². The van der Waals surface area contributed by atoms with Crippen molar-refractivity contribution in [3.8, 4) is 5.69 Å².